The van der Waals surface area contributed by atoms with E-state index in [1.165, 1.54) is 0 Å². The van der Waals surface area contributed by atoms with Crippen molar-refractivity contribution in [2.45, 2.75) is 13.3 Å². The van der Waals surface area contributed by atoms with Gasteiger partial charge >= 0.3 is 0 Å². The van der Waals surface area contributed by atoms with Gasteiger partial charge in [-0.3, -0.25) is 0 Å². The molecule has 0 atom stereocenters. The first-order valence-corrected chi connectivity index (χ1v) is 3.30. The molecule has 0 aromatic carbocycles. The van der Waals surface area contributed by atoms with Gasteiger partial charge in [0.25, 0.3) is 0 Å². The van der Waals surface area contributed by atoms with Gasteiger partial charge in [-0.2, -0.15) is 15.5 Å². The SMILES string of the molecule is CCN(C)/C(CC#N)=N/C#N. The maximum atomic E-state index is 8.34. The summed E-state index contributed by atoms with van der Waals surface area (Å²) in [6.07, 6.45) is 1.86. The molecule has 4 heteroatoms. The number of hydrogen-bond acceptors (Lipinski definition) is 3. The molecule has 58 valence electrons. The summed E-state index contributed by atoms with van der Waals surface area (Å²) in [5, 5.41) is 16.6. The van der Waals surface area contributed by atoms with Gasteiger partial charge in [-0.05, 0) is 6.92 Å². The molecular formula is C7H10N4. The van der Waals surface area contributed by atoms with Gasteiger partial charge in [0.05, 0.1) is 12.5 Å². The predicted molar refractivity (Wildman–Crippen MR) is 41.6 cm³/mol. The molecule has 0 saturated heterocycles. The van der Waals surface area contributed by atoms with Gasteiger partial charge in [0.1, 0.15) is 5.84 Å². The van der Waals surface area contributed by atoms with E-state index in [4.69, 9.17) is 10.5 Å². The van der Waals surface area contributed by atoms with Gasteiger partial charge in [-0.25, -0.2) is 0 Å². The Kier molecular flexibility index (Phi) is 4.51. The van der Waals surface area contributed by atoms with Crippen molar-refractivity contribution in [1.82, 2.24) is 4.90 Å². The van der Waals surface area contributed by atoms with Gasteiger partial charge in [0, 0.05) is 13.6 Å². The molecule has 0 bridgehead atoms. The summed E-state index contributed by atoms with van der Waals surface area (Å²) in [5.41, 5.74) is 0. The third-order valence-corrected chi connectivity index (χ3v) is 1.33. The third kappa shape index (κ3) is 3.22. The number of nitrogens with zero attached hydrogens (tertiary/aromatic N) is 4. The summed E-state index contributed by atoms with van der Waals surface area (Å²) in [5.74, 6) is 0.525. The lowest BCUT2D eigenvalue weighted by Crippen LogP contribution is -2.25. The fraction of sp³-hybridized carbons (Fsp3) is 0.571. The highest BCUT2D eigenvalue weighted by Crippen LogP contribution is 1.91. The highest BCUT2D eigenvalue weighted by atomic mass is 15.2. The van der Waals surface area contributed by atoms with Crippen molar-refractivity contribution in [2.75, 3.05) is 13.6 Å². The second-order valence-corrected chi connectivity index (χ2v) is 1.98. The van der Waals surface area contributed by atoms with Crippen molar-refractivity contribution < 1.29 is 0 Å². The molecule has 0 saturated carbocycles. The number of nitriles is 2. The van der Waals surface area contributed by atoms with Crippen LogP contribution in [0.15, 0.2) is 4.99 Å². The topological polar surface area (TPSA) is 63.2 Å². The lowest BCUT2D eigenvalue weighted by atomic mass is 10.4. The van der Waals surface area contributed by atoms with Crippen LogP contribution in [-0.4, -0.2) is 24.3 Å². The highest BCUT2D eigenvalue weighted by Gasteiger charge is 2.02. The molecule has 4 nitrogen and oxygen atoms in total. The van der Waals surface area contributed by atoms with E-state index in [-0.39, 0.29) is 6.42 Å². The smallest absolute Gasteiger partial charge is 0.207 e. The Morgan fingerprint density at radius 2 is 2.18 bits per heavy atom. The summed E-state index contributed by atoms with van der Waals surface area (Å²) < 4.78 is 0. The lowest BCUT2D eigenvalue weighted by molar-refractivity contribution is 0.528. The fourth-order valence-electron chi connectivity index (χ4n) is 0.571. The van der Waals surface area contributed by atoms with E-state index in [9.17, 15) is 0 Å². The van der Waals surface area contributed by atoms with Crippen molar-refractivity contribution in [3.8, 4) is 12.3 Å². The monoisotopic (exact) mass is 150 g/mol. The zero-order valence-electron chi connectivity index (χ0n) is 6.70. The molecule has 11 heavy (non-hydrogen) atoms. The van der Waals surface area contributed by atoms with Crippen molar-refractivity contribution in [3.63, 3.8) is 0 Å². The van der Waals surface area contributed by atoms with Gasteiger partial charge in [-0.15, -0.1) is 0 Å². The quantitative estimate of drug-likeness (QED) is 0.331. The van der Waals surface area contributed by atoms with Crippen LogP contribution in [0, 0.1) is 22.8 Å². The number of amidine groups is 1. The minimum absolute atomic E-state index is 0.192. The van der Waals surface area contributed by atoms with E-state index < -0.39 is 0 Å². The molecule has 0 rings (SSSR count). The maximum absolute atomic E-state index is 8.34. The second kappa shape index (κ2) is 5.25. The maximum Gasteiger partial charge on any atom is 0.207 e. The van der Waals surface area contributed by atoms with E-state index in [0.29, 0.717) is 5.84 Å². The molecule has 0 spiro atoms. The van der Waals surface area contributed by atoms with Gasteiger partial charge in [0.2, 0.25) is 6.19 Å². The Morgan fingerprint density at radius 3 is 2.55 bits per heavy atom. The summed E-state index contributed by atoms with van der Waals surface area (Å²) >= 11 is 0. The van der Waals surface area contributed by atoms with Crippen molar-refractivity contribution in [1.29, 1.82) is 10.5 Å². The van der Waals surface area contributed by atoms with Gasteiger partial charge in [0.15, 0.2) is 0 Å². The van der Waals surface area contributed by atoms with Crippen LogP contribution < -0.4 is 0 Å². The van der Waals surface area contributed by atoms with E-state index >= 15 is 0 Å². The minimum atomic E-state index is 0.192. The Morgan fingerprint density at radius 1 is 1.55 bits per heavy atom. The Bertz CT molecular complexity index is 218. The number of hydrogen-bond donors (Lipinski definition) is 0. The molecule has 0 N–H and O–H groups in total. The van der Waals surface area contributed by atoms with Gasteiger partial charge < -0.3 is 4.90 Å². The number of rotatable bonds is 2. The highest BCUT2D eigenvalue weighted by molar-refractivity contribution is 5.84. The molecule has 0 radical (unpaired) electrons. The number of aliphatic imine (C=N–C) groups is 1. The third-order valence-electron chi connectivity index (χ3n) is 1.33. The van der Waals surface area contributed by atoms with E-state index in [1.54, 1.807) is 18.1 Å². The van der Waals surface area contributed by atoms with Gasteiger partial charge in [-0.1, -0.05) is 0 Å². The zero-order valence-corrected chi connectivity index (χ0v) is 6.70. The molecule has 0 aliphatic carbocycles. The van der Waals surface area contributed by atoms with Crippen molar-refractivity contribution >= 4 is 5.84 Å². The van der Waals surface area contributed by atoms with Crippen LogP contribution in [0.25, 0.3) is 0 Å². The Hall–Kier alpha value is -1.55. The van der Waals surface area contributed by atoms with Crippen LogP contribution in [0.5, 0.6) is 0 Å². The largest absolute Gasteiger partial charge is 0.362 e. The van der Waals surface area contributed by atoms with Crippen LogP contribution in [-0.2, 0) is 0 Å². The second-order valence-electron chi connectivity index (χ2n) is 1.98. The van der Waals surface area contributed by atoms with Crippen molar-refractivity contribution in [2.24, 2.45) is 4.99 Å². The molecule has 0 fully saturated rings. The first kappa shape index (κ1) is 9.45. The fourth-order valence-corrected chi connectivity index (χ4v) is 0.571. The summed E-state index contributed by atoms with van der Waals surface area (Å²) in [4.78, 5) is 5.28. The zero-order chi connectivity index (χ0) is 8.69. The first-order chi connectivity index (χ1) is 5.26. The summed E-state index contributed by atoms with van der Waals surface area (Å²) in [7, 11) is 1.80. The first-order valence-electron chi connectivity index (χ1n) is 3.30. The summed E-state index contributed by atoms with van der Waals surface area (Å²) in [6.45, 7) is 2.69. The van der Waals surface area contributed by atoms with E-state index in [0.717, 1.165) is 6.54 Å². The average Bonchev–Trinajstić information content (AvgIpc) is 2.03. The minimum Gasteiger partial charge on any atom is -0.362 e. The molecule has 0 aromatic heterocycles. The van der Waals surface area contributed by atoms with E-state index in [1.807, 2.05) is 13.0 Å². The lowest BCUT2D eigenvalue weighted by Gasteiger charge is -2.14. The van der Waals surface area contributed by atoms with Crippen molar-refractivity contribution in [3.05, 3.63) is 0 Å². The van der Waals surface area contributed by atoms with Crippen LogP contribution in [0.3, 0.4) is 0 Å². The molecule has 0 aliphatic rings. The molecule has 0 amide bonds. The van der Waals surface area contributed by atoms with E-state index in [2.05, 4.69) is 4.99 Å². The van der Waals surface area contributed by atoms with Crippen LogP contribution >= 0.6 is 0 Å². The molecular weight excluding hydrogens is 140 g/mol. The van der Waals surface area contributed by atoms with Crippen LogP contribution in [0.1, 0.15) is 13.3 Å². The summed E-state index contributed by atoms with van der Waals surface area (Å²) in [6, 6.07) is 1.94. The Labute approximate surface area is 66.4 Å². The van der Waals surface area contributed by atoms with Crippen LogP contribution in [0.4, 0.5) is 0 Å². The van der Waals surface area contributed by atoms with Crippen LogP contribution in [0.2, 0.25) is 0 Å². The molecule has 0 heterocycles. The average molecular weight is 150 g/mol. The predicted octanol–water partition coefficient (Wildman–Crippen LogP) is 0.731. The Balaban J connectivity index is 4.26. The molecule has 0 aliphatic heterocycles. The standard InChI is InChI=1S/C7H10N4/c1-3-11(2)7(4-5-8)10-6-9/h3-4H2,1-2H3/b10-7+. The normalized spacial score (nSPS) is 10.0. The molecule has 0 unspecified atom stereocenters. The molecule has 0 aromatic rings.